The molecule has 1 aliphatic heterocycles. The number of hydrogen-bond donors (Lipinski definition) is 1. The van der Waals surface area contributed by atoms with Crippen molar-refractivity contribution < 1.29 is 0 Å². The van der Waals surface area contributed by atoms with Crippen LogP contribution in [-0.4, -0.2) is 5.84 Å². The van der Waals surface area contributed by atoms with Gasteiger partial charge < -0.3 is 5.32 Å². The van der Waals surface area contributed by atoms with E-state index in [0.29, 0.717) is 0 Å². The van der Waals surface area contributed by atoms with Crippen molar-refractivity contribution in [3.05, 3.63) is 35.9 Å². The maximum absolute atomic E-state index is 4.57. The average molecular weight is 196 g/mol. The summed E-state index contributed by atoms with van der Waals surface area (Å²) in [6, 6.07) is 10.6. The first kappa shape index (κ1) is 8.48. The molecular weight excluding hydrogens is 184 g/mol. The van der Waals surface area contributed by atoms with Crippen LogP contribution in [0.4, 0.5) is 11.4 Å². The molecule has 0 fully saturated rings. The Labute approximate surface area is 88.6 Å². The lowest BCUT2D eigenvalue weighted by molar-refractivity contribution is 1.39. The van der Waals surface area contributed by atoms with Crippen LogP contribution in [0.25, 0.3) is 10.8 Å². The van der Waals surface area contributed by atoms with Crippen molar-refractivity contribution in [2.24, 2.45) is 4.99 Å². The van der Waals surface area contributed by atoms with Crippen LogP contribution in [0.15, 0.2) is 35.3 Å². The third-order valence-electron chi connectivity index (χ3n) is 2.81. The van der Waals surface area contributed by atoms with E-state index in [2.05, 4.69) is 47.6 Å². The lowest BCUT2D eigenvalue weighted by Crippen LogP contribution is -2.10. The van der Waals surface area contributed by atoms with Gasteiger partial charge in [0, 0.05) is 11.1 Å². The van der Waals surface area contributed by atoms with E-state index in [4.69, 9.17) is 0 Å². The van der Waals surface area contributed by atoms with Gasteiger partial charge in [-0.15, -0.1) is 0 Å². The molecule has 0 aromatic heterocycles. The lowest BCUT2D eigenvalue weighted by Gasteiger charge is -2.18. The average Bonchev–Trinajstić information content (AvgIpc) is 2.23. The Morgan fingerprint density at radius 2 is 1.93 bits per heavy atom. The highest BCUT2D eigenvalue weighted by Crippen LogP contribution is 2.37. The predicted molar refractivity (Wildman–Crippen MR) is 65.1 cm³/mol. The van der Waals surface area contributed by atoms with Crippen molar-refractivity contribution >= 4 is 28.0 Å². The molecule has 3 rings (SSSR count). The minimum atomic E-state index is 0.962. The van der Waals surface area contributed by atoms with Crippen molar-refractivity contribution in [3.8, 4) is 0 Å². The zero-order chi connectivity index (χ0) is 10.4. The number of hydrogen-bond acceptors (Lipinski definition) is 2. The maximum Gasteiger partial charge on any atom is 0.103 e. The van der Waals surface area contributed by atoms with Gasteiger partial charge in [0.2, 0.25) is 0 Å². The standard InChI is InChI=1S/C13H12N2/c1-8-6-7-10-4-3-5-11-12(10)13(8)15-9(2)14-11/h3-7H,1-2H3,(H,14,15). The molecule has 0 amide bonds. The minimum absolute atomic E-state index is 0.962. The van der Waals surface area contributed by atoms with E-state index in [9.17, 15) is 0 Å². The summed E-state index contributed by atoms with van der Waals surface area (Å²) in [4.78, 5) is 4.57. The van der Waals surface area contributed by atoms with Crippen LogP contribution in [-0.2, 0) is 0 Å². The van der Waals surface area contributed by atoms with Crippen LogP contribution in [0.1, 0.15) is 12.5 Å². The Balaban J connectivity index is 2.52. The van der Waals surface area contributed by atoms with Crippen LogP contribution < -0.4 is 5.32 Å². The zero-order valence-corrected chi connectivity index (χ0v) is 8.83. The molecule has 74 valence electrons. The van der Waals surface area contributed by atoms with Gasteiger partial charge in [0.1, 0.15) is 5.84 Å². The van der Waals surface area contributed by atoms with Gasteiger partial charge in [0.25, 0.3) is 0 Å². The van der Waals surface area contributed by atoms with Crippen LogP contribution in [0, 0.1) is 6.92 Å². The molecule has 2 aromatic carbocycles. The minimum Gasteiger partial charge on any atom is -0.343 e. The van der Waals surface area contributed by atoms with Gasteiger partial charge in [0.15, 0.2) is 0 Å². The van der Waals surface area contributed by atoms with Gasteiger partial charge in [0.05, 0.1) is 5.69 Å². The SMILES string of the molecule is CC1=Nc2c(C)ccc3cccc(c23)N1. The molecule has 0 spiro atoms. The summed E-state index contributed by atoms with van der Waals surface area (Å²) in [5.74, 6) is 0.962. The third-order valence-corrected chi connectivity index (χ3v) is 2.81. The second kappa shape index (κ2) is 2.83. The van der Waals surface area contributed by atoms with E-state index < -0.39 is 0 Å². The summed E-state index contributed by atoms with van der Waals surface area (Å²) in [5, 5.41) is 5.79. The van der Waals surface area contributed by atoms with Gasteiger partial charge in [-0.25, -0.2) is 4.99 Å². The van der Waals surface area contributed by atoms with E-state index >= 15 is 0 Å². The molecule has 1 heterocycles. The van der Waals surface area contributed by atoms with Crippen molar-refractivity contribution in [1.29, 1.82) is 0 Å². The molecule has 0 aliphatic carbocycles. The van der Waals surface area contributed by atoms with Crippen molar-refractivity contribution in [2.45, 2.75) is 13.8 Å². The molecule has 1 N–H and O–H groups in total. The van der Waals surface area contributed by atoms with Gasteiger partial charge in [-0.3, -0.25) is 0 Å². The normalized spacial score (nSPS) is 13.6. The number of rotatable bonds is 0. The molecule has 15 heavy (non-hydrogen) atoms. The van der Waals surface area contributed by atoms with E-state index in [1.54, 1.807) is 0 Å². The van der Waals surface area contributed by atoms with Crippen LogP contribution in [0.2, 0.25) is 0 Å². The molecule has 0 unspecified atom stereocenters. The number of aliphatic imine (C=N–C) groups is 1. The van der Waals surface area contributed by atoms with Gasteiger partial charge >= 0.3 is 0 Å². The van der Waals surface area contributed by atoms with Gasteiger partial charge in [-0.05, 0) is 30.9 Å². The summed E-state index contributed by atoms with van der Waals surface area (Å²) >= 11 is 0. The fourth-order valence-corrected chi connectivity index (χ4v) is 2.10. The number of amidine groups is 1. The predicted octanol–water partition coefficient (Wildman–Crippen LogP) is 3.62. The van der Waals surface area contributed by atoms with Gasteiger partial charge in [-0.1, -0.05) is 24.3 Å². The first-order valence-electron chi connectivity index (χ1n) is 5.10. The van der Waals surface area contributed by atoms with E-state index in [1.807, 2.05) is 6.92 Å². The zero-order valence-electron chi connectivity index (χ0n) is 8.83. The van der Waals surface area contributed by atoms with E-state index in [0.717, 1.165) is 11.5 Å². The number of nitrogens with one attached hydrogen (secondary N) is 1. The molecular formula is C13H12N2. The van der Waals surface area contributed by atoms with Gasteiger partial charge in [-0.2, -0.15) is 0 Å². The van der Waals surface area contributed by atoms with Crippen LogP contribution in [0.3, 0.4) is 0 Å². The second-order valence-corrected chi connectivity index (χ2v) is 3.96. The highest BCUT2D eigenvalue weighted by atomic mass is 15.0. The Hall–Kier alpha value is -1.83. The molecule has 2 heteroatoms. The number of nitrogens with zero attached hydrogens (tertiary/aromatic N) is 1. The van der Waals surface area contributed by atoms with Crippen molar-refractivity contribution in [2.75, 3.05) is 5.32 Å². The Morgan fingerprint density at radius 3 is 2.80 bits per heavy atom. The first-order chi connectivity index (χ1) is 7.25. The third kappa shape index (κ3) is 1.14. The monoisotopic (exact) mass is 196 g/mol. The van der Waals surface area contributed by atoms with Crippen molar-refractivity contribution in [3.63, 3.8) is 0 Å². The highest BCUT2D eigenvalue weighted by Gasteiger charge is 2.13. The summed E-state index contributed by atoms with van der Waals surface area (Å²) in [5.41, 5.74) is 3.51. The summed E-state index contributed by atoms with van der Waals surface area (Å²) in [7, 11) is 0. The highest BCUT2D eigenvalue weighted by molar-refractivity contribution is 6.13. The maximum atomic E-state index is 4.57. The van der Waals surface area contributed by atoms with E-state index in [-0.39, 0.29) is 0 Å². The molecule has 0 atom stereocenters. The largest absolute Gasteiger partial charge is 0.343 e. The quantitative estimate of drug-likeness (QED) is 0.683. The molecule has 2 aromatic rings. The molecule has 0 radical (unpaired) electrons. The molecule has 0 saturated heterocycles. The first-order valence-corrected chi connectivity index (χ1v) is 5.10. The molecule has 0 saturated carbocycles. The number of benzene rings is 2. The summed E-state index contributed by atoms with van der Waals surface area (Å²) in [6.45, 7) is 4.10. The summed E-state index contributed by atoms with van der Waals surface area (Å²) in [6.07, 6.45) is 0. The second-order valence-electron chi connectivity index (χ2n) is 3.96. The van der Waals surface area contributed by atoms with Crippen LogP contribution in [0.5, 0.6) is 0 Å². The van der Waals surface area contributed by atoms with Crippen molar-refractivity contribution in [1.82, 2.24) is 0 Å². The lowest BCUT2D eigenvalue weighted by atomic mass is 10.0. The number of aryl methyl sites for hydroxylation is 1. The topological polar surface area (TPSA) is 24.4 Å². The Bertz CT molecular complexity index is 582. The number of anilines is 1. The fraction of sp³-hybridized carbons (Fsp3) is 0.154. The molecule has 0 bridgehead atoms. The smallest absolute Gasteiger partial charge is 0.103 e. The van der Waals surface area contributed by atoms with E-state index in [1.165, 1.54) is 22.0 Å². The fourth-order valence-electron chi connectivity index (χ4n) is 2.10. The summed E-state index contributed by atoms with van der Waals surface area (Å²) < 4.78 is 0. The van der Waals surface area contributed by atoms with Crippen LogP contribution >= 0.6 is 0 Å². The molecule has 1 aliphatic rings. The Morgan fingerprint density at radius 1 is 1.07 bits per heavy atom. The Kier molecular flexibility index (Phi) is 1.60. The molecule has 2 nitrogen and oxygen atoms in total.